The topological polar surface area (TPSA) is 57.7 Å². The van der Waals surface area contributed by atoms with Gasteiger partial charge in [-0.15, -0.1) is 0 Å². The molecule has 0 aromatic carbocycles. The quantitative estimate of drug-likeness (QED) is 0.802. The number of rotatable bonds is 1. The van der Waals surface area contributed by atoms with Crippen LogP contribution in [0.15, 0.2) is 6.33 Å². The van der Waals surface area contributed by atoms with Crippen molar-refractivity contribution in [3.8, 4) is 0 Å². The van der Waals surface area contributed by atoms with Crippen LogP contribution in [0.5, 0.6) is 0 Å². The number of thioether (sulfide) groups is 1. The third-order valence-corrected chi connectivity index (χ3v) is 4.09. The standard InChI is InChI=1S/C10H12ClN5S/c1-6-4-16(2-3-17-6)9-7-8(13-5-12-7)14-10(11)15-9/h5-6H,2-4H2,1H3,(H,12,13,14,15). The van der Waals surface area contributed by atoms with Gasteiger partial charge in [-0.1, -0.05) is 6.92 Å². The maximum absolute atomic E-state index is 5.93. The van der Waals surface area contributed by atoms with Gasteiger partial charge in [-0.3, -0.25) is 0 Å². The van der Waals surface area contributed by atoms with Crippen molar-refractivity contribution < 1.29 is 0 Å². The molecular weight excluding hydrogens is 258 g/mol. The molecule has 0 amide bonds. The summed E-state index contributed by atoms with van der Waals surface area (Å²) in [5.74, 6) is 1.97. The zero-order valence-corrected chi connectivity index (χ0v) is 10.9. The maximum atomic E-state index is 5.93. The van der Waals surface area contributed by atoms with Gasteiger partial charge in [0.2, 0.25) is 5.28 Å². The largest absolute Gasteiger partial charge is 0.353 e. The van der Waals surface area contributed by atoms with Gasteiger partial charge in [0.05, 0.1) is 6.33 Å². The van der Waals surface area contributed by atoms with E-state index in [1.54, 1.807) is 6.33 Å². The van der Waals surface area contributed by atoms with Gasteiger partial charge in [0, 0.05) is 24.1 Å². The van der Waals surface area contributed by atoms with E-state index in [1.807, 2.05) is 11.8 Å². The molecular formula is C10H12ClN5S. The van der Waals surface area contributed by atoms with E-state index in [9.17, 15) is 0 Å². The first-order valence-electron chi connectivity index (χ1n) is 5.47. The Kier molecular flexibility index (Phi) is 2.84. The fourth-order valence-electron chi connectivity index (χ4n) is 2.03. The number of aromatic amines is 1. The molecule has 5 nitrogen and oxygen atoms in total. The molecule has 3 rings (SSSR count). The third-order valence-electron chi connectivity index (χ3n) is 2.78. The monoisotopic (exact) mass is 269 g/mol. The summed E-state index contributed by atoms with van der Waals surface area (Å²) in [7, 11) is 0. The predicted octanol–water partition coefficient (Wildman–Crippen LogP) is 1.95. The lowest BCUT2D eigenvalue weighted by Crippen LogP contribution is -2.37. The Morgan fingerprint density at radius 3 is 3.24 bits per heavy atom. The molecule has 0 radical (unpaired) electrons. The number of nitrogens with zero attached hydrogens (tertiary/aromatic N) is 4. The molecule has 1 saturated heterocycles. The molecule has 3 heterocycles. The van der Waals surface area contributed by atoms with Crippen LogP contribution in [-0.2, 0) is 0 Å². The van der Waals surface area contributed by atoms with Crippen molar-refractivity contribution in [1.82, 2.24) is 19.9 Å². The van der Waals surface area contributed by atoms with E-state index in [2.05, 4.69) is 31.8 Å². The highest BCUT2D eigenvalue weighted by atomic mass is 35.5. The van der Waals surface area contributed by atoms with Crippen LogP contribution in [-0.4, -0.2) is 44.0 Å². The number of fused-ring (bicyclic) bond motifs is 1. The second-order valence-electron chi connectivity index (χ2n) is 4.04. The number of anilines is 1. The molecule has 1 unspecified atom stereocenters. The van der Waals surface area contributed by atoms with Crippen molar-refractivity contribution in [1.29, 1.82) is 0 Å². The Balaban J connectivity index is 2.06. The first kappa shape index (κ1) is 11.1. The van der Waals surface area contributed by atoms with E-state index in [0.717, 1.165) is 30.2 Å². The Morgan fingerprint density at radius 1 is 1.53 bits per heavy atom. The molecule has 17 heavy (non-hydrogen) atoms. The van der Waals surface area contributed by atoms with Gasteiger partial charge in [0.15, 0.2) is 11.5 Å². The minimum absolute atomic E-state index is 0.255. The normalized spacial score (nSPS) is 21.1. The highest BCUT2D eigenvalue weighted by Crippen LogP contribution is 2.27. The van der Waals surface area contributed by atoms with Crippen molar-refractivity contribution in [2.75, 3.05) is 23.7 Å². The summed E-state index contributed by atoms with van der Waals surface area (Å²) < 4.78 is 0. The van der Waals surface area contributed by atoms with Crippen LogP contribution in [0.3, 0.4) is 0 Å². The molecule has 90 valence electrons. The molecule has 1 aliphatic rings. The zero-order chi connectivity index (χ0) is 11.8. The fourth-order valence-corrected chi connectivity index (χ4v) is 3.21. The summed E-state index contributed by atoms with van der Waals surface area (Å²) in [6.07, 6.45) is 1.63. The van der Waals surface area contributed by atoms with Crippen LogP contribution >= 0.6 is 23.4 Å². The van der Waals surface area contributed by atoms with Crippen molar-refractivity contribution in [3.05, 3.63) is 11.6 Å². The number of H-pyrrole nitrogens is 1. The minimum atomic E-state index is 0.255. The number of aromatic nitrogens is 4. The third kappa shape index (κ3) is 2.07. The van der Waals surface area contributed by atoms with Gasteiger partial charge in [-0.25, -0.2) is 4.98 Å². The Morgan fingerprint density at radius 2 is 2.41 bits per heavy atom. The average molecular weight is 270 g/mol. The highest BCUT2D eigenvalue weighted by Gasteiger charge is 2.21. The molecule has 0 spiro atoms. The molecule has 1 N–H and O–H groups in total. The number of hydrogen-bond donors (Lipinski definition) is 1. The summed E-state index contributed by atoms with van der Waals surface area (Å²) in [4.78, 5) is 17.9. The van der Waals surface area contributed by atoms with Crippen LogP contribution < -0.4 is 4.90 Å². The first-order chi connectivity index (χ1) is 8.24. The Hall–Kier alpha value is -1.01. The lowest BCUT2D eigenvalue weighted by molar-refractivity contribution is 0.771. The molecule has 1 atom stereocenters. The predicted molar refractivity (Wildman–Crippen MR) is 70.8 cm³/mol. The average Bonchev–Trinajstić information content (AvgIpc) is 2.75. The van der Waals surface area contributed by atoms with Gasteiger partial charge in [0.25, 0.3) is 0 Å². The van der Waals surface area contributed by atoms with Gasteiger partial charge in [-0.05, 0) is 11.6 Å². The fraction of sp³-hybridized carbons (Fsp3) is 0.500. The molecule has 1 aliphatic heterocycles. The SMILES string of the molecule is CC1CN(c2nc(Cl)nc3nc[nH]c23)CCS1. The van der Waals surface area contributed by atoms with Crippen LogP contribution in [0, 0.1) is 0 Å². The van der Waals surface area contributed by atoms with Crippen molar-refractivity contribution in [2.24, 2.45) is 0 Å². The summed E-state index contributed by atoms with van der Waals surface area (Å²) in [5.41, 5.74) is 1.50. The number of halogens is 1. The molecule has 0 aliphatic carbocycles. The van der Waals surface area contributed by atoms with Gasteiger partial charge < -0.3 is 9.88 Å². The van der Waals surface area contributed by atoms with Gasteiger partial charge >= 0.3 is 0 Å². The highest BCUT2D eigenvalue weighted by molar-refractivity contribution is 8.00. The van der Waals surface area contributed by atoms with E-state index < -0.39 is 0 Å². The first-order valence-corrected chi connectivity index (χ1v) is 6.90. The van der Waals surface area contributed by atoms with Crippen LogP contribution in [0.25, 0.3) is 11.2 Å². The minimum Gasteiger partial charge on any atom is -0.353 e. The Labute approximate surface area is 108 Å². The van der Waals surface area contributed by atoms with Crippen LogP contribution in [0.2, 0.25) is 5.28 Å². The number of hydrogen-bond acceptors (Lipinski definition) is 5. The van der Waals surface area contributed by atoms with E-state index in [-0.39, 0.29) is 5.28 Å². The van der Waals surface area contributed by atoms with Crippen LogP contribution in [0.1, 0.15) is 6.92 Å². The maximum Gasteiger partial charge on any atom is 0.226 e. The second kappa shape index (κ2) is 4.34. The Bertz CT molecular complexity index is 542. The molecule has 1 fully saturated rings. The molecule has 2 aromatic heterocycles. The molecule has 0 saturated carbocycles. The van der Waals surface area contributed by atoms with Gasteiger partial charge in [-0.2, -0.15) is 21.7 Å². The van der Waals surface area contributed by atoms with Crippen LogP contribution in [0.4, 0.5) is 5.82 Å². The summed E-state index contributed by atoms with van der Waals surface area (Å²) >= 11 is 7.91. The van der Waals surface area contributed by atoms with E-state index >= 15 is 0 Å². The summed E-state index contributed by atoms with van der Waals surface area (Å²) in [5, 5.41) is 0.862. The van der Waals surface area contributed by atoms with Crippen molar-refractivity contribution in [2.45, 2.75) is 12.2 Å². The molecule has 7 heteroatoms. The van der Waals surface area contributed by atoms with Crippen molar-refractivity contribution >= 4 is 40.3 Å². The smallest absolute Gasteiger partial charge is 0.226 e. The van der Waals surface area contributed by atoms with E-state index in [4.69, 9.17) is 11.6 Å². The lowest BCUT2D eigenvalue weighted by Gasteiger charge is -2.31. The summed E-state index contributed by atoms with van der Waals surface area (Å²) in [6.45, 7) is 4.19. The van der Waals surface area contributed by atoms with Crippen molar-refractivity contribution in [3.63, 3.8) is 0 Å². The molecule has 2 aromatic rings. The second-order valence-corrected chi connectivity index (χ2v) is 5.93. The summed E-state index contributed by atoms with van der Waals surface area (Å²) in [6, 6.07) is 0. The lowest BCUT2D eigenvalue weighted by atomic mass is 10.3. The van der Waals surface area contributed by atoms with E-state index in [0.29, 0.717) is 10.9 Å². The number of nitrogens with one attached hydrogen (secondary N) is 1. The van der Waals surface area contributed by atoms with Gasteiger partial charge in [0.1, 0.15) is 5.52 Å². The number of imidazole rings is 1. The van der Waals surface area contributed by atoms with E-state index in [1.165, 1.54) is 0 Å². The zero-order valence-electron chi connectivity index (χ0n) is 9.35. The molecule has 0 bridgehead atoms.